The van der Waals surface area contributed by atoms with Crippen LogP contribution in [0.4, 0.5) is 0 Å². The van der Waals surface area contributed by atoms with Crippen molar-refractivity contribution in [2.75, 3.05) is 26.2 Å². The predicted octanol–water partition coefficient (Wildman–Crippen LogP) is 3.32. The standard InChI is InChI=1S/C20H29N3/c1-20(2,3)17-9-7-16(8-10-17)19(18-6-5-13-22(18)4)23-14-11-21-12-15-23/h5-10,13,19,21H,11-12,14-15H2,1-4H3. The maximum Gasteiger partial charge on any atom is 0.0756 e. The van der Waals surface area contributed by atoms with Gasteiger partial charge in [0.15, 0.2) is 0 Å². The summed E-state index contributed by atoms with van der Waals surface area (Å²) >= 11 is 0. The fourth-order valence-electron chi connectivity index (χ4n) is 3.43. The molecule has 0 amide bonds. The number of hydrogen-bond donors (Lipinski definition) is 1. The summed E-state index contributed by atoms with van der Waals surface area (Å²) in [6.45, 7) is 11.1. The van der Waals surface area contributed by atoms with Crippen LogP contribution in [-0.2, 0) is 12.5 Å². The van der Waals surface area contributed by atoms with Gasteiger partial charge < -0.3 is 9.88 Å². The summed E-state index contributed by atoms with van der Waals surface area (Å²) < 4.78 is 2.25. The number of nitrogens with zero attached hydrogens (tertiary/aromatic N) is 2. The third-order valence-corrected chi connectivity index (χ3v) is 4.87. The van der Waals surface area contributed by atoms with Crippen LogP contribution in [0.3, 0.4) is 0 Å². The Bertz CT molecular complexity index is 628. The molecule has 3 rings (SSSR count). The van der Waals surface area contributed by atoms with Gasteiger partial charge in [0, 0.05) is 45.1 Å². The number of aromatic nitrogens is 1. The predicted molar refractivity (Wildman–Crippen MR) is 96.8 cm³/mol. The summed E-state index contributed by atoms with van der Waals surface area (Å²) in [4.78, 5) is 2.60. The van der Waals surface area contributed by atoms with E-state index in [9.17, 15) is 0 Å². The highest BCUT2D eigenvalue weighted by molar-refractivity contribution is 5.34. The largest absolute Gasteiger partial charge is 0.353 e. The molecule has 23 heavy (non-hydrogen) atoms. The normalized spacial score (nSPS) is 18.1. The van der Waals surface area contributed by atoms with Crippen LogP contribution in [0.2, 0.25) is 0 Å². The van der Waals surface area contributed by atoms with Crippen LogP contribution < -0.4 is 5.32 Å². The average molecular weight is 311 g/mol. The zero-order valence-corrected chi connectivity index (χ0v) is 14.8. The summed E-state index contributed by atoms with van der Waals surface area (Å²) in [7, 11) is 2.15. The van der Waals surface area contributed by atoms with Crippen LogP contribution in [0, 0.1) is 0 Å². The Hall–Kier alpha value is -1.58. The molecule has 1 aromatic carbocycles. The van der Waals surface area contributed by atoms with Gasteiger partial charge in [0.2, 0.25) is 0 Å². The lowest BCUT2D eigenvalue weighted by Crippen LogP contribution is -2.45. The fraction of sp³-hybridized carbons (Fsp3) is 0.500. The molecule has 124 valence electrons. The lowest BCUT2D eigenvalue weighted by molar-refractivity contribution is 0.193. The van der Waals surface area contributed by atoms with E-state index in [1.807, 2.05) is 0 Å². The number of hydrogen-bond acceptors (Lipinski definition) is 2. The van der Waals surface area contributed by atoms with Crippen molar-refractivity contribution in [3.63, 3.8) is 0 Å². The summed E-state index contributed by atoms with van der Waals surface area (Å²) in [5.74, 6) is 0. The van der Waals surface area contributed by atoms with E-state index in [1.165, 1.54) is 16.8 Å². The maximum absolute atomic E-state index is 3.46. The Morgan fingerprint density at radius 3 is 2.17 bits per heavy atom. The average Bonchev–Trinajstić information content (AvgIpc) is 2.94. The highest BCUT2D eigenvalue weighted by Gasteiger charge is 2.26. The molecule has 1 aliphatic heterocycles. The van der Waals surface area contributed by atoms with E-state index >= 15 is 0 Å². The van der Waals surface area contributed by atoms with Crippen molar-refractivity contribution in [3.05, 3.63) is 59.4 Å². The molecule has 2 heterocycles. The second-order valence-electron chi connectivity index (χ2n) is 7.60. The van der Waals surface area contributed by atoms with Crippen LogP contribution in [0.25, 0.3) is 0 Å². The molecule has 2 aromatic rings. The van der Waals surface area contributed by atoms with Gasteiger partial charge in [0.05, 0.1) is 6.04 Å². The van der Waals surface area contributed by atoms with E-state index in [0.29, 0.717) is 6.04 Å². The van der Waals surface area contributed by atoms with Crippen molar-refractivity contribution in [1.29, 1.82) is 0 Å². The molecule has 3 heteroatoms. The van der Waals surface area contributed by atoms with Crippen molar-refractivity contribution in [1.82, 2.24) is 14.8 Å². The highest BCUT2D eigenvalue weighted by atomic mass is 15.2. The van der Waals surface area contributed by atoms with E-state index in [-0.39, 0.29) is 5.41 Å². The van der Waals surface area contributed by atoms with E-state index < -0.39 is 0 Å². The van der Waals surface area contributed by atoms with Gasteiger partial charge in [-0.1, -0.05) is 45.0 Å². The molecule has 1 saturated heterocycles. The zero-order chi connectivity index (χ0) is 16.4. The van der Waals surface area contributed by atoms with E-state index in [0.717, 1.165) is 26.2 Å². The van der Waals surface area contributed by atoms with Gasteiger partial charge in [-0.25, -0.2) is 0 Å². The van der Waals surface area contributed by atoms with Gasteiger partial charge in [0.1, 0.15) is 0 Å². The number of benzene rings is 1. The van der Waals surface area contributed by atoms with Crippen molar-refractivity contribution < 1.29 is 0 Å². The van der Waals surface area contributed by atoms with Crippen molar-refractivity contribution in [2.24, 2.45) is 7.05 Å². The minimum absolute atomic E-state index is 0.202. The van der Waals surface area contributed by atoms with Crippen LogP contribution >= 0.6 is 0 Å². The molecule has 0 spiro atoms. The number of nitrogens with one attached hydrogen (secondary N) is 1. The molecule has 0 bridgehead atoms. The van der Waals surface area contributed by atoms with Gasteiger partial charge in [0.25, 0.3) is 0 Å². The second-order valence-corrected chi connectivity index (χ2v) is 7.60. The Balaban J connectivity index is 1.96. The minimum atomic E-state index is 0.202. The first-order valence-electron chi connectivity index (χ1n) is 8.63. The number of piperazine rings is 1. The maximum atomic E-state index is 3.46. The first-order chi connectivity index (χ1) is 11.0. The van der Waals surface area contributed by atoms with E-state index in [1.54, 1.807) is 0 Å². The molecule has 1 N–H and O–H groups in total. The summed E-state index contributed by atoms with van der Waals surface area (Å²) in [6.07, 6.45) is 2.15. The van der Waals surface area contributed by atoms with Crippen LogP contribution in [0.1, 0.15) is 43.6 Å². The molecule has 1 atom stereocenters. The van der Waals surface area contributed by atoms with E-state index in [4.69, 9.17) is 0 Å². The smallest absolute Gasteiger partial charge is 0.0756 e. The molecular formula is C20H29N3. The third-order valence-electron chi connectivity index (χ3n) is 4.87. The fourth-order valence-corrected chi connectivity index (χ4v) is 3.43. The van der Waals surface area contributed by atoms with Crippen molar-refractivity contribution >= 4 is 0 Å². The first-order valence-corrected chi connectivity index (χ1v) is 8.63. The molecule has 3 nitrogen and oxygen atoms in total. The summed E-state index contributed by atoms with van der Waals surface area (Å²) in [5, 5.41) is 3.46. The Morgan fingerprint density at radius 2 is 1.65 bits per heavy atom. The molecule has 1 aromatic heterocycles. The minimum Gasteiger partial charge on any atom is -0.353 e. The molecule has 0 radical (unpaired) electrons. The van der Waals surface area contributed by atoms with Crippen LogP contribution in [0.15, 0.2) is 42.6 Å². The van der Waals surface area contributed by atoms with E-state index in [2.05, 4.69) is 85.2 Å². The summed E-state index contributed by atoms with van der Waals surface area (Å²) in [6, 6.07) is 14.0. The first kappa shape index (κ1) is 16.3. The molecule has 0 saturated carbocycles. The zero-order valence-electron chi connectivity index (χ0n) is 14.8. The molecule has 1 aliphatic rings. The van der Waals surface area contributed by atoms with Crippen molar-refractivity contribution in [3.8, 4) is 0 Å². The molecule has 1 unspecified atom stereocenters. The quantitative estimate of drug-likeness (QED) is 0.938. The highest BCUT2D eigenvalue weighted by Crippen LogP contribution is 2.31. The second kappa shape index (κ2) is 6.50. The molecule has 0 aliphatic carbocycles. The third kappa shape index (κ3) is 3.51. The Labute approximate surface area is 140 Å². The molecule has 1 fully saturated rings. The molecular weight excluding hydrogens is 282 g/mol. The lowest BCUT2D eigenvalue weighted by Gasteiger charge is -2.36. The van der Waals surface area contributed by atoms with Crippen LogP contribution in [0.5, 0.6) is 0 Å². The van der Waals surface area contributed by atoms with Gasteiger partial charge in [-0.3, -0.25) is 4.90 Å². The number of rotatable bonds is 3. The van der Waals surface area contributed by atoms with Crippen molar-refractivity contribution in [2.45, 2.75) is 32.2 Å². The van der Waals surface area contributed by atoms with Gasteiger partial charge >= 0.3 is 0 Å². The van der Waals surface area contributed by atoms with Gasteiger partial charge in [-0.15, -0.1) is 0 Å². The SMILES string of the molecule is Cn1cccc1C(c1ccc(C(C)(C)C)cc1)N1CCNCC1. The van der Waals surface area contributed by atoms with Crippen LogP contribution in [-0.4, -0.2) is 35.6 Å². The number of aryl methyl sites for hydroxylation is 1. The Morgan fingerprint density at radius 1 is 1.00 bits per heavy atom. The van der Waals surface area contributed by atoms with Gasteiger partial charge in [-0.05, 0) is 28.7 Å². The lowest BCUT2D eigenvalue weighted by atomic mass is 9.86. The topological polar surface area (TPSA) is 20.2 Å². The van der Waals surface area contributed by atoms with Gasteiger partial charge in [-0.2, -0.15) is 0 Å². The Kier molecular flexibility index (Phi) is 4.60. The monoisotopic (exact) mass is 311 g/mol. The summed E-state index contributed by atoms with van der Waals surface area (Å²) in [5.41, 5.74) is 4.36.